The molecule has 0 aromatic rings. The van der Waals surface area contributed by atoms with Gasteiger partial charge in [0.2, 0.25) is 41.4 Å². The van der Waals surface area contributed by atoms with Crippen LogP contribution in [0.5, 0.6) is 0 Å². The van der Waals surface area contributed by atoms with Crippen LogP contribution < -0.4 is 43.0 Å². The standard InChI is InChI=1S/C48H82N8O29/c1-13(49)39(71)55-25(17(5)78-45-27(53-19(7)61)31(65)37(23(11-59)82-45)84-47-35(69)33(67)29(63)21(9-57)80-47)42(74)51-14(2)40(72)50-15(3)41(73)56-26(43(75)52-16(4)44(76)77)18(6)79-46-28(54-20(8)62)32(66)38(24(12-60)83-46)85-48-36(70)34(68)30(64)22(10-58)81-48/h13-18,21-38,45-48,57-60,63-70H,9-12,49H2,1-8H3,(H,50,72)(H,51,74)(H,52,75)(H,53,61)(H,54,62)(H,55,71)(H,56,73)(H,76,77)/t13-,14-,15-,16-,17+,18+,21+,22+,23+,24+,25-,26-,27+,28+,29-,30-,31+,32+,33-,34-,35+,36+,37-,38-,45-,46-,47-,48-/m0/s1. The summed E-state index contributed by atoms with van der Waals surface area (Å²) in [5, 5.41) is 151. The van der Waals surface area contributed by atoms with E-state index < -0.39 is 245 Å². The fourth-order valence-electron chi connectivity index (χ4n) is 9.22. The molecule has 0 aromatic carbocycles. The maximum absolute atomic E-state index is 14.0. The zero-order valence-electron chi connectivity index (χ0n) is 47.4. The van der Waals surface area contributed by atoms with Gasteiger partial charge < -0.3 is 147 Å². The van der Waals surface area contributed by atoms with Crippen LogP contribution >= 0.6 is 0 Å². The first kappa shape index (κ1) is 72.4. The van der Waals surface area contributed by atoms with E-state index in [1.807, 2.05) is 0 Å². The number of carbonyl (C=O) groups is 8. The van der Waals surface area contributed by atoms with Crippen LogP contribution in [0, 0.1) is 0 Å². The molecule has 0 unspecified atom stereocenters. The number of carboxylic acid groups (broad SMARTS) is 1. The monoisotopic (exact) mass is 1230 g/mol. The number of nitrogens with one attached hydrogen (secondary N) is 7. The number of carboxylic acids is 1. The molecule has 28 atom stereocenters. The molecule has 4 saturated heterocycles. The summed E-state index contributed by atoms with van der Waals surface area (Å²) < 4.78 is 45.8. The Kier molecular flexibility index (Phi) is 27.5. The third-order valence-corrected chi connectivity index (χ3v) is 14.2. The SMILES string of the molecule is CC(=O)N[C@H]1[C@@H](O[C@H](C)[C@H](NC(=O)[C@H](C)N)C(=O)N[C@@H](C)C(=O)N[C@@H](C)C(=O)N[C@H](C(=O)N[C@@H](C)C(=O)O)[C@@H](C)O[C@H]2O[C@H](CO)[C@H](O[C@@H]3O[C@H](CO)[C@H](O)[C@H](O)[C@H]3O)[C@H](O)[C@H]2NC(C)=O)O[C@H](CO)[C@H](O[C@@H]2O[C@H](CO)[C@H](O)[C@H](O)[C@H]2O)[C@@H]1O. The summed E-state index contributed by atoms with van der Waals surface area (Å²) in [6.07, 6.45) is -35.4. The van der Waals surface area contributed by atoms with Crippen molar-refractivity contribution < 1.29 is 143 Å². The molecule has 0 radical (unpaired) electrons. The van der Waals surface area contributed by atoms with Gasteiger partial charge in [-0.1, -0.05) is 0 Å². The van der Waals surface area contributed by atoms with Crippen LogP contribution in [-0.2, 0) is 76.3 Å². The van der Waals surface area contributed by atoms with Crippen molar-refractivity contribution in [2.24, 2.45) is 5.73 Å². The van der Waals surface area contributed by atoms with Gasteiger partial charge in [-0.15, -0.1) is 0 Å². The quantitative estimate of drug-likeness (QED) is 0.0363. The minimum Gasteiger partial charge on any atom is -0.480 e. The van der Waals surface area contributed by atoms with Gasteiger partial charge >= 0.3 is 5.97 Å². The van der Waals surface area contributed by atoms with E-state index in [0.717, 1.165) is 34.6 Å². The summed E-state index contributed by atoms with van der Waals surface area (Å²) in [4.78, 5) is 105. The second-order valence-corrected chi connectivity index (χ2v) is 21.0. The molecule has 0 bridgehead atoms. The fourth-order valence-corrected chi connectivity index (χ4v) is 9.22. The molecule has 37 heteroatoms. The van der Waals surface area contributed by atoms with E-state index in [2.05, 4.69) is 37.2 Å². The van der Waals surface area contributed by atoms with Crippen LogP contribution in [0.25, 0.3) is 0 Å². The number of hydrogen-bond donors (Lipinski definition) is 21. The maximum atomic E-state index is 14.0. The van der Waals surface area contributed by atoms with Crippen LogP contribution in [-0.4, -0.2) is 311 Å². The van der Waals surface area contributed by atoms with Gasteiger partial charge in [0, 0.05) is 13.8 Å². The second-order valence-electron chi connectivity index (χ2n) is 21.0. The number of carbonyl (C=O) groups excluding carboxylic acids is 7. The first-order chi connectivity index (χ1) is 39.7. The normalized spacial score (nSPS) is 36.1. The molecule has 4 heterocycles. The third kappa shape index (κ3) is 18.5. The Morgan fingerprint density at radius 1 is 0.424 bits per heavy atom. The molecule has 4 aliphatic rings. The zero-order valence-corrected chi connectivity index (χ0v) is 47.4. The van der Waals surface area contributed by atoms with Gasteiger partial charge in [-0.3, -0.25) is 38.4 Å². The van der Waals surface area contributed by atoms with E-state index in [1.165, 1.54) is 20.8 Å². The minimum absolute atomic E-state index is 0.788. The molecule has 37 nitrogen and oxygen atoms in total. The van der Waals surface area contributed by atoms with E-state index in [9.17, 15) is 105 Å². The Hall–Kier alpha value is -5.08. The number of aliphatic hydroxyl groups is 12. The Bertz CT molecular complexity index is 2260. The van der Waals surface area contributed by atoms with Gasteiger partial charge in [-0.25, -0.2) is 0 Å². The molecule has 4 fully saturated rings. The molecule has 4 aliphatic heterocycles. The Morgan fingerprint density at radius 3 is 1.07 bits per heavy atom. The van der Waals surface area contributed by atoms with Crippen molar-refractivity contribution in [2.45, 2.75) is 227 Å². The van der Waals surface area contributed by atoms with Crippen molar-refractivity contribution in [2.75, 3.05) is 26.4 Å². The van der Waals surface area contributed by atoms with Gasteiger partial charge in [-0.05, 0) is 41.5 Å². The minimum atomic E-state index is -1.99. The van der Waals surface area contributed by atoms with Crippen molar-refractivity contribution >= 4 is 47.3 Å². The number of nitrogens with two attached hydrogens (primary N) is 1. The lowest BCUT2D eigenvalue weighted by Gasteiger charge is -2.47. The highest BCUT2D eigenvalue weighted by Gasteiger charge is 2.54. The molecule has 7 amide bonds. The summed E-state index contributed by atoms with van der Waals surface area (Å²) in [5.41, 5.74) is 5.78. The van der Waals surface area contributed by atoms with Crippen LogP contribution in [0.4, 0.5) is 0 Å². The van der Waals surface area contributed by atoms with Crippen molar-refractivity contribution in [1.82, 2.24) is 37.2 Å². The van der Waals surface area contributed by atoms with Gasteiger partial charge in [0.1, 0.15) is 128 Å². The number of aliphatic carboxylic acids is 1. The fraction of sp³-hybridized carbons (Fsp3) is 0.833. The van der Waals surface area contributed by atoms with Gasteiger partial charge in [-0.2, -0.15) is 0 Å². The molecule has 0 saturated carbocycles. The van der Waals surface area contributed by atoms with Crippen LogP contribution in [0.3, 0.4) is 0 Å². The lowest BCUT2D eigenvalue weighted by Crippen LogP contribution is -2.68. The molecule has 0 aromatic heterocycles. The van der Waals surface area contributed by atoms with E-state index >= 15 is 0 Å². The predicted molar refractivity (Wildman–Crippen MR) is 275 cm³/mol. The molecule has 22 N–H and O–H groups in total. The molecular weight excluding hydrogens is 1150 g/mol. The summed E-state index contributed by atoms with van der Waals surface area (Å²) in [7, 11) is 0. The number of amides is 7. The lowest BCUT2D eigenvalue weighted by atomic mass is 9.95. The summed E-state index contributed by atoms with van der Waals surface area (Å²) in [5.74, 6) is -8.63. The van der Waals surface area contributed by atoms with E-state index in [1.54, 1.807) is 0 Å². The van der Waals surface area contributed by atoms with Gasteiger partial charge in [0.05, 0.1) is 44.7 Å². The highest BCUT2D eigenvalue weighted by Crippen LogP contribution is 2.33. The smallest absolute Gasteiger partial charge is 0.325 e. The highest BCUT2D eigenvalue weighted by molar-refractivity contribution is 5.96. The Labute approximate surface area is 485 Å². The van der Waals surface area contributed by atoms with E-state index in [-0.39, 0.29) is 0 Å². The molecule has 85 heavy (non-hydrogen) atoms. The topological polar surface area (TPSA) is 584 Å². The van der Waals surface area contributed by atoms with Gasteiger partial charge in [0.15, 0.2) is 25.2 Å². The molecule has 0 spiro atoms. The van der Waals surface area contributed by atoms with Crippen molar-refractivity contribution in [3.8, 4) is 0 Å². The number of hydrogen-bond acceptors (Lipinski definition) is 29. The average Bonchev–Trinajstić information content (AvgIpc) is 1.76. The second kappa shape index (κ2) is 32.2. The van der Waals surface area contributed by atoms with Crippen LogP contribution in [0.2, 0.25) is 0 Å². The summed E-state index contributed by atoms with van der Waals surface area (Å²) in [6.45, 7) is 5.41. The van der Waals surface area contributed by atoms with E-state index in [4.69, 9.17) is 43.6 Å². The third-order valence-electron chi connectivity index (χ3n) is 14.2. The summed E-state index contributed by atoms with van der Waals surface area (Å²) in [6, 6.07) is -13.1. The predicted octanol–water partition coefficient (Wildman–Crippen LogP) is -12.8. The molecule has 488 valence electrons. The van der Waals surface area contributed by atoms with E-state index in [0.29, 0.717) is 0 Å². The summed E-state index contributed by atoms with van der Waals surface area (Å²) >= 11 is 0. The largest absolute Gasteiger partial charge is 0.480 e. The highest BCUT2D eigenvalue weighted by atomic mass is 16.8. The lowest BCUT2D eigenvalue weighted by molar-refractivity contribution is -0.350. The zero-order chi connectivity index (χ0) is 64.2. The Morgan fingerprint density at radius 2 is 0.741 bits per heavy atom. The van der Waals surface area contributed by atoms with Gasteiger partial charge in [0.25, 0.3) is 0 Å². The van der Waals surface area contributed by atoms with Crippen LogP contribution in [0.15, 0.2) is 0 Å². The maximum Gasteiger partial charge on any atom is 0.325 e. The number of aliphatic hydroxyl groups excluding tert-OH is 12. The Balaban J connectivity index is 1.51. The average molecular weight is 1240 g/mol. The molecule has 0 aliphatic carbocycles. The van der Waals surface area contributed by atoms with Crippen molar-refractivity contribution in [1.29, 1.82) is 0 Å². The molecule has 4 rings (SSSR count). The van der Waals surface area contributed by atoms with Crippen molar-refractivity contribution in [3.63, 3.8) is 0 Å². The first-order valence-electron chi connectivity index (χ1n) is 26.9. The number of rotatable bonds is 27. The molecular formula is C48H82N8O29. The van der Waals surface area contributed by atoms with Crippen molar-refractivity contribution in [3.05, 3.63) is 0 Å². The van der Waals surface area contributed by atoms with Crippen LogP contribution in [0.1, 0.15) is 55.4 Å². The number of ether oxygens (including phenoxy) is 8. The first-order valence-corrected chi connectivity index (χ1v) is 26.9.